The monoisotopic (exact) mass is 469 g/mol. The molecule has 0 aliphatic carbocycles. The van der Waals surface area contributed by atoms with Gasteiger partial charge in [-0.05, 0) is 57.5 Å². The van der Waals surface area contributed by atoms with Gasteiger partial charge >= 0.3 is 14.1 Å². The van der Waals surface area contributed by atoms with E-state index in [0.29, 0.717) is 40.8 Å². The molecular formula is C24H24BN7O3. The van der Waals surface area contributed by atoms with E-state index < -0.39 is 6.03 Å². The molecule has 0 saturated heterocycles. The summed E-state index contributed by atoms with van der Waals surface area (Å²) in [6, 6.07) is 7.06. The molecule has 1 aromatic carbocycles. The average molecular weight is 469 g/mol. The Bertz CT molecular complexity index is 1370. The second-order valence-electron chi connectivity index (χ2n) is 7.83. The van der Waals surface area contributed by atoms with Gasteiger partial charge in [-0.1, -0.05) is 0 Å². The summed E-state index contributed by atoms with van der Waals surface area (Å²) in [5.41, 5.74) is 5.14. The highest BCUT2D eigenvalue weighted by atomic mass is 16.5. The van der Waals surface area contributed by atoms with Gasteiger partial charge in [-0.3, -0.25) is 0 Å². The third-order valence-corrected chi connectivity index (χ3v) is 5.05. The van der Waals surface area contributed by atoms with Gasteiger partial charge in [0.25, 0.3) is 0 Å². The summed E-state index contributed by atoms with van der Waals surface area (Å²) < 4.78 is 12.1. The Morgan fingerprint density at radius 2 is 1.89 bits per heavy atom. The van der Waals surface area contributed by atoms with Crippen molar-refractivity contribution < 1.29 is 14.2 Å². The molecule has 35 heavy (non-hydrogen) atoms. The fourth-order valence-electron chi connectivity index (χ4n) is 3.46. The molecule has 2 amide bonds. The van der Waals surface area contributed by atoms with Crippen LogP contribution < -0.4 is 20.0 Å². The lowest BCUT2D eigenvalue weighted by molar-refractivity contribution is 0.262. The van der Waals surface area contributed by atoms with Crippen LogP contribution in [0, 0.1) is 20.8 Å². The van der Waals surface area contributed by atoms with Crippen LogP contribution in [0.3, 0.4) is 0 Å². The summed E-state index contributed by atoms with van der Waals surface area (Å²) in [6.07, 6.45) is 6.74. The molecule has 4 rings (SSSR count). The molecule has 0 spiro atoms. The van der Waals surface area contributed by atoms with Crippen LogP contribution in [0.15, 0.2) is 49.2 Å². The van der Waals surface area contributed by atoms with Gasteiger partial charge in [0.15, 0.2) is 11.6 Å². The van der Waals surface area contributed by atoms with Gasteiger partial charge in [0.2, 0.25) is 5.88 Å². The number of nitrogens with one attached hydrogen (secondary N) is 2. The number of hydrogen-bond donors (Lipinski definition) is 2. The lowest BCUT2D eigenvalue weighted by Gasteiger charge is -2.13. The van der Waals surface area contributed by atoms with Crippen molar-refractivity contribution in [2.24, 2.45) is 0 Å². The van der Waals surface area contributed by atoms with Gasteiger partial charge in [0.05, 0.1) is 36.2 Å². The minimum atomic E-state index is -0.410. The first kappa shape index (κ1) is 23.7. The molecule has 0 unspecified atom stereocenters. The van der Waals surface area contributed by atoms with Crippen LogP contribution in [0.2, 0.25) is 0 Å². The van der Waals surface area contributed by atoms with Crippen LogP contribution in [0.25, 0.3) is 17.1 Å². The maximum absolute atomic E-state index is 12.7. The molecule has 10 nitrogen and oxygen atoms in total. The second kappa shape index (κ2) is 10.2. The predicted octanol–water partition coefficient (Wildman–Crippen LogP) is 4.15. The Hall–Kier alpha value is -4.41. The van der Waals surface area contributed by atoms with E-state index in [1.54, 1.807) is 25.5 Å². The second-order valence-corrected chi connectivity index (χ2v) is 7.83. The standard InChI is InChI=1S/C24H24BN7O3/c1-5-34-21-8-17(10-27-23(21)35-25)22-26-11-20(16(4)29-22)31-24(33)30-18-6-14(2)7-19(9-18)32-12-15(3)28-13-32/h6-13H,5H2,1-4H3,(H2,30,31,33). The van der Waals surface area contributed by atoms with E-state index in [2.05, 4.69) is 30.6 Å². The van der Waals surface area contributed by atoms with Crippen molar-refractivity contribution in [3.8, 4) is 28.7 Å². The third kappa shape index (κ3) is 5.57. The summed E-state index contributed by atoms with van der Waals surface area (Å²) in [5.74, 6) is 0.980. The van der Waals surface area contributed by atoms with E-state index in [4.69, 9.17) is 17.4 Å². The lowest BCUT2D eigenvalue weighted by Crippen LogP contribution is -2.20. The maximum atomic E-state index is 12.7. The number of benzene rings is 1. The number of hydrogen-bond acceptors (Lipinski definition) is 7. The highest BCUT2D eigenvalue weighted by Crippen LogP contribution is 2.29. The molecule has 2 radical (unpaired) electrons. The highest BCUT2D eigenvalue weighted by Gasteiger charge is 2.13. The highest BCUT2D eigenvalue weighted by molar-refractivity contribution is 6.00. The van der Waals surface area contributed by atoms with E-state index in [0.717, 1.165) is 16.9 Å². The predicted molar refractivity (Wildman–Crippen MR) is 133 cm³/mol. The number of aryl methyl sites for hydroxylation is 3. The largest absolute Gasteiger partial charge is 0.552 e. The van der Waals surface area contributed by atoms with E-state index in [-0.39, 0.29) is 5.88 Å². The minimum absolute atomic E-state index is 0.171. The molecule has 3 heterocycles. The first-order valence-electron chi connectivity index (χ1n) is 10.9. The Balaban J connectivity index is 1.49. The molecule has 0 fully saturated rings. The zero-order valence-corrected chi connectivity index (χ0v) is 19.9. The molecular weight excluding hydrogens is 445 g/mol. The number of amides is 2. The quantitative estimate of drug-likeness (QED) is 0.391. The van der Waals surface area contributed by atoms with E-state index in [1.165, 1.54) is 6.20 Å². The Morgan fingerprint density at radius 3 is 2.57 bits per heavy atom. The third-order valence-electron chi connectivity index (χ3n) is 5.05. The van der Waals surface area contributed by atoms with Crippen molar-refractivity contribution in [2.45, 2.75) is 27.7 Å². The van der Waals surface area contributed by atoms with Crippen molar-refractivity contribution in [2.75, 3.05) is 17.2 Å². The van der Waals surface area contributed by atoms with Gasteiger partial charge < -0.3 is 24.6 Å². The average Bonchev–Trinajstić information content (AvgIpc) is 3.26. The van der Waals surface area contributed by atoms with Crippen molar-refractivity contribution in [3.63, 3.8) is 0 Å². The molecule has 4 aromatic rings. The Morgan fingerprint density at radius 1 is 1.06 bits per heavy atom. The molecule has 176 valence electrons. The minimum Gasteiger partial charge on any atom is -0.552 e. The smallest absolute Gasteiger partial charge is 0.376 e. The number of nitrogens with zero attached hydrogens (tertiary/aromatic N) is 5. The summed E-state index contributed by atoms with van der Waals surface area (Å²) in [4.78, 5) is 30.0. The van der Waals surface area contributed by atoms with Crippen LogP contribution in [-0.2, 0) is 0 Å². The number of ether oxygens (including phenoxy) is 1. The van der Waals surface area contributed by atoms with Gasteiger partial charge in [0.1, 0.15) is 0 Å². The number of imidazole rings is 1. The summed E-state index contributed by atoms with van der Waals surface area (Å²) >= 11 is 0. The summed E-state index contributed by atoms with van der Waals surface area (Å²) in [5, 5.41) is 5.66. The Labute approximate surface area is 204 Å². The molecule has 0 atom stereocenters. The number of urea groups is 1. The molecule has 3 aromatic heterocycles. The number of carbonyl (C=O) groups is 1. The van der Waals surface area contributed by atoms with Crippen molar-refractivity contribution in [3.05, 3.63) is 66.1 Å². The van der Waals surface area contributed by atoms with Crippen molar-refractivity contribution >= 4 is 25.5 Å². The van der Waals surface area contributed by atoms with Crippen molar-refractivity contribution in [1.82, 2.24) is 24.5 Å². The van der Waals surface area contributed by atoms with Crippen LogP contribution in [0.4, 0.5) is 16.2 Å². The number of aromatic nitrogens is 5. The number of pyridine rings is 1. The number of anilines is 2. The first-order chi connectivity index (χ1) is 16.9. The van der Waals surface area contributed by atoms with Gasteiger partial charge in [-0.25, -0.2) is 24.7 Å². The van der Waals surface area contributed by atoms with E-state index in [1.807, 2.05) is 49.7 Å². The summed E-state index contributed by atoms with van der Waals surface area (Å²) in [7, 11) is 5.24. The molecule has 0 bridgehead atoms. The fourth-order valence-corrected chi connectivity index (χ4v) is 3.46. The topological polar surface area (TPSA) is 116 Å². The molecule has 0 aliphatic rings. The van der Waals surface area contributed by atoms with Crippen LogP contribution in [-0.4, -0.2) is 45.2 Å². The van der Waals surface area contributed by atoms with Gasteiger partial charge in [-0.15, -0.1) is 0 Å². The molecule has 0 aliphatic heterocycles. The first-order valence-corrected chi connectivity index (χ1v) is 10.9. The molecule has 0 saturated carbocycles. The van der Waals surface area contributed by atoms with E-state index >= 15 is 0 Å². The number of rotatable bonds is 7. The molecule has 11 heteroatoms. The fraction of sp³-hybridized carbons (Fsp3) is 0.208. The van der Waals surface area contributed by atoms with Crippen LogP contribution >= 0.6 is 0 Å². The van der Waals surface area contributed by atoms with Crippen LogP contribution in [0.1, 0.15) is 23.9 Å². The van der Waals surface area contributed by atoms with E-state index in [9.17, 15) is 4.79 Å². The normalized spacial score (nSPS) is 10.6. The zero-order chi connectivity index (χ0) is 24.9. The van der Waals surface area contributed by atoms with Gasteiger partial charge in [-0.2, -0.15) is 0 Å². The van der Waals surface area contributed by atoms with Gasteiger partial charge in [0, 0.05) is 29.3 Å². The molecule has 2 N–H and O–H groups in total. The maximum Gasteiger partial charge on any atom is 0.376 e. The SMILES string of the molecule is [B]Oc1ncc(-c2ncc(NC(=O)Nc3cc(C)cc(-n4cnc(C)c4)c3)c(C)n2)cc1OCC. The lowest BCUT2D eigenvalue weighted by atomic mass is 10.2. The van der Waals surface area contributed by atoms with Crippen molar-refractivity contribution in [1.29, 1.82) is 0 Å². The zero-order valence-electron chi connectivity index (χ0n) is 19.9. The number of carbonyl (C=O) groups excluding carboxylic acids is 1. The summed E-state index contributed by atoms with van der Waals surface area (Å²) in [6.45, 7) is 7.93. The Kier molecular flexibility index (Phi) is 6.95. The van der Waals surface area contributed by atoms with Crippen LogP contribution in [0.5, 0.6) is 11.6 Å².